The molecule has 7 heteroatoms. The first kappa shape index (κ1) is 14.3. The smallest absolute Gasteiger partial charge is 0.230 e. The first-order valence-electron chi connectivity index (χ1n) is 6.65. The third kappa shape index (κ3) is 2.61. The Morgan fingerprint density at radius 1 is 1.10 bits per heavy atom. The third-order valence-corrected chi connectivity index (χ3v) is 3.60. The lowest BCUT2D eigenvalue weighted by molar-refractivity contribution is -0.278. The Bertz CT molecular complexity index is 579. The van der Waals surface area contributed by atoms with Crippen LogP contribution in [0.2, 0.25) is 0 Å². The van der Waals surface area contributed by atoms with Crippen LogP contribution in [0.15, 0.2) is 30.3 Å². The highest BCUT2D eigenvalue weighted by atomic mass is 16.7. The van der Waals surface area contributed by atoms with Gasteiger partial charge in [-0.05, 0) is 6.07 Å². The second kappa shape index (κ2) is 5.63. The van der Waals surface area contributed by atoms with E-state index in [1.165, 1.54) is 0 Å². The third-order valence-electron chi connectivity index (χ3n) is 3.60. The van der Waals surface area contributed by atoms with E-state index in [1.54, 1.807) is 6.07 Å². The number of ether oxygens (including phenoxy) is 2. The minimum absolute atomic E-state index is 0.362. The zero-order valence-electron chi connectivity index (χ0n) is 11.1. The summed E-state index contributed by atoms with van der Waals surface area (Å²) in [5.74, 6) is 0.362. The number of para-hydroxylation sites is 1. The highest BCUT2D eigenvalue weighted by molar-refractivity contribution is 5.81. The number of aliphatic hydroxyl groups excluding tert-OH is 4. The number of hydrogen-bond acceptors (Lipinski definition) is 6. The van der Waals surface area contributed by atoms with Crippen molar-refractivity contribution in [3.8, 4) is 5.88 Å². The number of fused-ring (bicyclic) bond motifs is 1. The first-order chi connectivity index (χ1) is 10.1. The average molecular weight is 295 g/mol. The van der Waals surface area contributed by atoms with Gasteiger partial charge >= 0.3 is 0 Å². The number of aromatic amines is 1. The van der Waals surface area contributed by atoms with E-state index in [4.69, 9.17) is 14.6 Å². The van der Waals surface area contributed by atoms with Crippen molar-refractivity contribution in [1.29, 1.82) is 0 Å². The first-order valence-corrected chi connectivity index (χ1v) is 6.65. The summed E-state index contributed by atoms with van der Waals surface area (Å²) in [6.45, 7) is -0.489. The lowest BCUT2D eigenvalue weighted by atomic mass is 9.99. The number of hydrogen-bond donors (Lipinski definition) is 5. The number of benzene rings is 1. The van der Waals surface area contributed by atoms with Crippen LogP contribution < -0.4 is 4.74 Å². The van der Waals surface area contributed by atoms with E-state index in [0.29, 0.717) is 5.88 Å². The fourth-order valence-corrected chi connectivity index (χ4v) is 2.40. The molecule has 21 heavy (non-hydrogen) atoms. The Labute approximate surface area is 120 Å². The number of aliphatic hydroxyl groups is 4. The summed E-state index contributed by atoms with van der Waals surface area (Å²) in [5, 5.41) is 39.4. The van der Waals surface area contributed by atoms with Gasteiger partial charge in [-0.25, -0.2) is 0 Å². The summed E-state index contributed by atoms with van der Waals surface area (Å²) in [6, 6.07) is 9.25. The number of nitrogens with one attached hydrogen (secondary N) is 1. The summed E-state index contributed by atoms with van der Waals surface area (Å²) >= 11 is 0. The largest absolute Gasteiger partial charge is 0.447 e. The molecule has 5 atom stereocenters. The molecule has 0 saturated carbocycles. The van der Waals surface area contributed by atoms with E-state index in [2.05, 4.69) is 4.98 Å². The van der Waals surface area contributed by atoms with Gasteiger partial charge in [-0.15, -0.1) is 0 Å². The lowest BCUT2D eigenvalue weighted by Gasteiger charge is -2.39. The van der Waals surface area contributed by atoms with Crippen molar-refractivity contribution < 1.29 is 29.9 Å². The summed E-state index contributed by atoms with van der Waals surface area (Å²) < 4.78 is 10.8. The summed E-state index contributed by atoms with van der Waals surface area (Å²) in [6.07, 6.45) is -6.45. The van der Waals surface area contributed by atoms with Gasteiger partial charge < -0.3 is 34.9 Å². The van der Waals surface area contributed by atoms with E-state index in [9.17, 15) is 15.3 Å². The van der Waals surface area contributed by atoms with E-state index in [-0.39, 0.29) is 0 Å². The quantitative estimate of drug-likeness (QED) is 0.514. The van der Waals surface area contributed by atoms with Crippen LogP contribution in [0, 0.1) is 0 Å². The minimum Gasteiger partial charge on any atom is -0.447 e. The van der Waals surface area contributed by atoms with Crippen LogP contribution in [0.1, 0.15) is 0 Å². The fraction of sp³-hybridized carbons (Fsp3) is 0.429. The molecule has 0 radical (unpaired) electrons. The van der Waals surface area contributed by atoms with Gasteiger partial charge in [-0.2, -0.15) is 0 Å². The molecule has 1 fully saturated rings. The van der Waals surface area contributed by atoms with Crippen LogP contribution in [0.3, 0.4) is 0 Å². The van der Waals surface area contributed by atoms with Gasteiger partial charge in [-0.3, -0.25) is 0 Å². The van der Waals surface area contributed by atoms with E-state index < -0.39 is 37.3 Å². The van der Waals surface area contributed by atoms with Crippen LogP contribution in [-0.4, -0.2) is 62.7 Å². The monoisotopic (exact) mass is 295 g/mol. The number of H-pyrrole nitrogens is 1. The summed E-state index contributed by atoms with van der Waals surface area (Å²) in [5.41, 5.74) is 0.858. The van der Waals surface area contributed by atoms with Gasteiger partial charge in [0.25, 0.3) is 0 Å². The molecule has 0 bridgehead atoms. The molecule has 1 aliphatic rings. The minimum atomic E-state index is -1.45. The van der Waals surface area contributed by atoms with Crippen LogP contribution in [-0.2, 0) is 4.74 Å². The Hall–Kier alpha value is -1.64. The maximum absolute atomic E-state index is 9.90. The fourth-order valence-electron chi connectivity index (χ4n) is 2.40. The predicted molar refractivity (Wildman–Crippen MR) is 72.7 cm³/mol. The second-order valence-electron chi connectivity index (χ2n) is 5.04. The van der Waals surface area contributed by atoms with Gasteiger partial charge in [0.05, 0.1) is 6.61 Å². The molecule has 0 spiro atoms. The van der Waals surface area contributed by atoms with Crippen molar-refractivity contribution in [1.82, 2.24) is 4.98 Å². The standard InChI is InChI=1S/C14H17NO6/c16-6-9-11(17)12(18)13(19)14(20-9)21-10-5-7-3-1-2-4-8(7)15-10/h1-5,9,11-19H,6H2/t9-,11-,12+,13+,14?/m1/s1. The Morgan fingerprint density at radius 2 is 1.86 bits per heavy atom. The molecule has 2 aromatic rings. The lowest BCUT2D eigenvalue weighted by Crippen LogP contribution is -2.60. The molecule has 1 unspecified atom stereocenters. The Balaban J connectivity index is 1.79. The maximum Gasteiger partial charge on any atom is 0.230 e. The van der Waals surface area contributed by atoms with Crippen molar-refractivity contribution in [2.24, 2.45) is 0 Å². The van der Waals surface area contributed by atoms with E-state index in [0.717, 1.165) is 10.9 Å². The van der Waals surface area contributed by atoms with E-state index >= 15 is 0 Å². The van der Waals surface area contributed by atoms with Crippen molar-refractivity contribution in [3.05, 3.63) is 30.3 Å². The van der Waals surface area contributed by atoms with Crippen LogP contribution >= 0.6 is 0 Å². The summed E-state index contributed by atoms with van der Waals surface area (Å²) in [7, 11) is 0. The van der Waals surface area contributed by atoms with Gasteiger partial charge in [0.2, 0.25) is 6.29 Å². The SMILES string of the molecule is OC[C@H]1OC(Oc2cc3ccccc3[nH]2)[C@@H](O)[C@@H](O)[C@@H]1O. The Morgan fingerprint density at radius 3 is 2.57 bits per heavy atom. The molecule has 1 aliphatic heterocycles. The maximum atomic E-state index is 9.90. The molecule has 1 saturated heterocycles. The van der Waals surface area contributed by atoms with Crippen molar-refractivity contribution in [2.75, 3.05) is 6.61 Å². The molecule has 5 N–H and O–H groups in total. The molecule has 7 nitrogen and oxygen atoms in total. The van der Waals surface area contributed by atoms with Gasteiger partial charge in [0.15, 0.2) is 5.88 Å². The molecule has 0 amide bonds. The predicted octanol–water partition coefficient (Wildman–Crippen LogP) is -0.653. The van der Waals surface area contributed by atoms with Crippen LogP contribution in [0.4, 0.5) is 0 Å². The zero-order valence-corrected chi connectivity index (χ0v) is 11.1. The molecular weight excluding hydrogens is 278 g/mol. The van der Waals surface area contributed by atoms with E-state index in [1.807, 2.05) is 24.3 Å². The highest BCUT2D eigenvalue weighted by Crippen LogP contribution is 2.26. The summed E-state index contributed by atoms with van der Waals surface area (Å²) in [4.78, 5) is 3.00. The van der Waals surface area contributed by atoms with Crippen LogP contribution in [0.25, 0.3) is 10.9 Å². The van der Waals surface area contributed by atoms with Crippen LogP contribution in [0.5, 0.6) is 5.88 Å². The molecular formula is C14H17NO6. The topological polar surface area (TPSA) is 115 Å². The number of rotatable bonds is 3. The molecule has 3 rings (SSSR count). The van der Waals surface area contributed by atoms with Gasteiger partial charge in [-0.1, -0.05) is 18.2 Å². The molecule has 1 aromatic carbocycles. The number of aromatic nitrogens is 1. The molecule has 1 aromatic heterocycles. The molecule has 0 aliphatic carbocycles. The van der Waals surface area contributed by atoms with Gasteiger partial charge in [0.1, 0.15) is 24.4 Å². The second-order valence-corrected chi connectivity index (χ2v) is 5.04. The normalized spacial score (nSPS) is 33.2. The van der Waals surface area contributed by atoms with Crippen molar-refractivity contribution in [3.63, 3.8) is 0 Å². The van der Waals surface area contributed by atoms with Crippen molar-refractivity contribution in [2.45, 2.75) is 30.7 Å². The van der Waals surface area contributed by atoms with Crippen molar-refractivity contribution >= 4 is 10.9 Å². The Kier molecular flexibility index (Phi) is 3.83. The molecule has 2 heterocycles. The highest BCUT2D eigenvalue weighted by Gasteiger charge is 2.44. The average Bonchev–Trinajstić information content (AvgIpc) is 2.90. The zero-order chi connectivity index (χ0) is 15.0. The van der Waals surface area contributed by atoms with Gasteiger partial charge in [0, 0.05) is 17.0 Å². The molecule has 114 valence electrons.